The summed E-state index contributed by atoms with van der Waals surface area (Å²) in [6, 6.07) is 0.601. The lowest BCUT2D eigenvalue weighted by Gasteiger charge is -2.30. The largest absolute Gasteiger partial charge is 0.377 e. The zero-order valence-corrected chi connectivity index (χ0v) is 9.39. The zero-order valence-electron chi connectivity index (χ0n) is 9.39. The molecule has 0 aromatic carbocycles. The Morgan fingerprint density at radius 1 is 1.38 bits per heavy atom. The lowest BCUT2D eigenvalue weighted by Crippen LogP contribution is -2.41. The fourth-order valence-corrected chi connectivity index (χ4v) is 1.79. The van der Waals surface area contributed by atoms with E-state index >= 15 is 0 Å². The Morgan fingerprint density at radius 2 is 2.08 bits per heavy atom. The number of nitrogens with one attached hydrogen (secondary N) is 1. The molecule has 0 radical (unpaired) electrons. The molecule has 1 rings (SSSR count). The quantitative estimate of drug-likeness (QED) is 0.676. The molecule has 1 aliphatic rings. The first kappa shape index (κ1) is 11.0. The van der Waals surface area contributed by atoms with Crippen molar-refractivity contribution in [1.29, 1.82) is 0 Å². The summed E-state index contributed by atoms with van der Waals surface area (Å²) in [6.45, 7) is 11.0. The summed E-state index contributed by atoms with van der Waals surface area (Å²) < 4.78 is 5.72. The van der Waals surface area contributed by atoms with E-state index in [0.717, 1.165) is 26.0 Å². The van der Waals surface area contributed by atoms with Crippen molar-refractivity contribution < 1.29 is 4.74 Å². The molecule has 0 saturated carbocycles. The van der Waals surface area contributed by atoms with Crippen LogP contribution in [0.4, 0.5) is 0 Å². The van der Waals surface area contributed by atoms with E-state index in [1.54, 1.807) is 0 Å². The predicted molar refractivity (Wildman–Crippen MR) is 55.9 cm³/mol. The van der Waals surface area contributed by atoms with E-state index in [1.165, 1.54) is 0 Å². The average molecular weight is 185 g/mol. The van der Waals surface area contributed by atoms with Gasteiger partial charge in [-0.15, -0.1) is 0 Å². The molecule has 0 bridgehead atoms. The third-order valence-electron chi connectivity index (χ3n) is 2.85. The highest BCUT2D eigenvalue weighted by atomic mass is 16.5. The van der Waals surface area contributed by atoms with E-state index in [2.05, 4.69) is 33.0 Å². The van der Waals surface area contributed by atoms with Gasteiger partial charge in [-0.05, 0) is 18.3 Å². The van der Waals surface area contributed by atoms with Crippen molar-refractivity contribution in [2.24, 2.45) is 5.41 Å². The van der Waals surface area contributed by atoms with Crippen LogP contribution in [0.15, 0.2) is 0 Å². The Hall–Kier alpha value is -0.0800. The predicted octanol–water partition coefficient (Wildman–Crippen LogP) is 2.19. The van der Waals surface area contributed by atoms with Gasteiger partial charge in [0.05, 0.1) is 6.10 Å². The molecular weight excluding hydrogens is 162 g/mol. The fourth-order valence-electron chi connectivity index (χ4n) is 1.79. The minimum absolute atomic E-state index is 0.353. The molecule has 2 unspecified atom stereocenters. The molecule has 2 heteroatoms. The standard InChI is InChI=1S/C11H23NO/c1-5-9-8-12-10(6-7-13-9)11(2,3)4/h9-10,12H,5-8H2,1-4H3. The molecule has 2 nitrogen and oxygen atoms in total. The van der Waals surface area contributed by atoms with Gasteiger partial charge in [0.2, 0.25) is 0 Å². The summed E-state index contributed by atoms with van der Waals surface area (Å²) in [6.07, 6.45) is 2.68. The molecule has 0 aromatic rings. The maximum atomic E-state index is 5.72. The molecule has 1 N–H and O–H groups in total. The second kappa shape index (κ2) is 4.43. The molecule has 1 fully saturated rings. The smallest absolute Gasteiger partial charge is 0.0696 e. The normalized spacial score (nSPS) is 31.4. The lowest BCUT2D eigenvalue weighted by atomic mass is 9.85. The second-order valence-corrected chi connectivity index (χ2v) is 5.02. The SMILES string of the molecule is CCC1CNC(C(C)(C)C)CCO1. The Bertz CT molecular complexity index is 151. The number of rotatable bonds is 1. The maximum Gasteiger partial charge on any atom is 0.0696 e. The van der Waals surface area contributed by atoms with Crippen molar-refractivity contribution in [1.82, 2.24) is 5.32 Å². The first-order valence-corrected chi connectivity index (χ1v) is 5.39. The van der Waals surface area contributed by atoms with Crippen molar-refractivity contribution in [2.75, 3.05) is 13.2 Å². The van der Waals surface area contributed by atoms with E-state index in [9.17, 15) is 0 Å². The zero-order chi connectivity index (χ0) is 9.90. The third kappa shape index (κ3) is 3.28. The van der Waals surface area contributed by atoms with E-state index in [0.29, 0.717) is 17.6 Å². The molecule has 0 amide bonds. The number of hydrogen-bond acceptors (Lipinski definition) is 2. The van der Waals surface area contributed by atoms with Gasteiger partial charge < -0.3 is 10.1 Å². The van der Waals surface area contributed by atoms with Gasteiger partial charge in [0, 0.05) is 19.2 Å². The molecular formula is C11H23NO. The van der Waals surface area contributed by atoms with Crippen molar-refractivity contribution in [3.8, 4) is 0 Å². The van der Waals surface area contributed by atoms with Crippen LogP contribution in [0, 0.1) is 5.41 Å². The molecule has 2 atom stereocenters. The Balaban J connectivity index is 2.45. The highest BCUT2D eigenvalue weighted by molar-refractivity contribution is 4.83. The van der Waals surface area contributed by atoms with Gasteiger partial charge in [-0.2, -0.15) is 0 Å². The first-order valence-electron chi connectivity index (χ1n) is 5.39. The van der Waals surface area contributed by atoms with Gasteiger partial charge in [-0.3, -0.25) is 0 Å². The summed E-state index contributed by atoms with van der Waals surface area (Å²) in [5.74, 6) is 0. The van der Waals surface area contributed by atoms with E-state index < -0.39 is 0 Å². The van der Waals surface area contributed by atoms with Gasteiger partial charge in [-0.25, -0.2) is 0 Å². The maximum absolute atomic E-state index is 5.72. The average Bonchev–Trinajstić information content (AvgIpc) is 2.26. The first-order chi connectivity index (χ1) is 6.04. The van der Waals surface area contributed by atoms with Crippen LogP contribution in [0.2, 0.25) is 0 Å². The molecule has 13 heavy (non-hydrogen) atoms. The summed E-state index contributed by atoms with van der Waals surface area (Å²) >= 11 is 0. The summed E-state index contributed by atoms with van der Waals surface area (Å²) in [5, 5.41) is 3.60. The van der Waals surface area contributed by atoms with Crippen molar-refractivity contribution in [3.05, 3.63) is 0 Å². The van der Waals surface area contributed by atoms with Gasteiger partial charge >= 0.3 is 0 Å². The van der Waals surface area contributed by atoms with Crippen LogP contribution < -0.4 is 5.32 Å². The molecule has 78 valence electrons. The van der Waals surface area contributed by atoms with E-state index in [1.807, 2.05) is 0 Å². The second-order valence-electron chi connectivity index (χ2n) is 5.02. The molecule has 1 aliphatic heterocycles. The highest BCUT2D eigenvalue weighted by Gasteiger charge is 2.26. The van der Waals surface area contributed by atoms with Crippen LogP contribution in [-0.4, -0.2) is 25.3 Å². The van der Waals surface area contributed by atoms with Crippen LogP contribution >= 0.6 is 0 Å². The summed E-state index contributed by atoms with van der Waals surface area (Å²) in [7, 11) is 0. The van der Waals surface area contributed by atoms with Crippen LogP contribution in [0.25, 0.3) is 0 Å². The molecule has 1 heterocycles. The van der Waals surface area contributed by atoms with Crippen LogP contribution in [0.1, 0.15) is 40.5 Å². The minimum Gasteiger partial charge on any atom is -0.377 e. The summed E-state index contributed by atoms with van der Waals surface area (Å²) in [5.41, 5.74) is 0.353. The van der Waals surface area contributed by atoms with Crippen molar-refractivity contribution in [2.45, 2.75) is 52.7 Å². The van der Waals surface area contributed by atoms with Crippen molar-refractivity contribution in [3.63, 3.8) is 0 Å². The molecule has 0 aromatic heterocycles. The Kier molecular flexibility index (Phi) is 3.74. The fraction of sp³-hybridized carbons (Fsp3) is 1.00. The molecule has 0 spiro atoms. The van der Waals surface area contributed by atoms with Gasteiger partial charge in [0.15, 0.2) is 0 Å². The van der Waals surface area contributed by atoms with Gasteiger partial charge in [0.1, 0.15) is 0 Å². The monoisotopic (exact) mass is 185 g/mol. The number of hydrogen-bond donors (Lipinski definition) is 1. The summed E-state index contributed by atoms with van der Waals surface area (Å²) in [4.78, 5) is 0. The lowest BCUT2D eigenvalue weighted by molar-refractivity contribution is 0.0633. The van der Waals surface area contributed by atoms with Crippen LogP contribution in [-0.2, 0) is 4.74 Å². The van der Waals surface area contributed by atoms with Gasteiger partial charge in [0.25, 0.3) is 0 Å². The van der Waals surface area contributed by atoms with Crippen LogP contribution in [0.3, 0.4) is 0 Å². The van der Waals surface area contributed by atoms with E-state index in [4.69, 9.17) is 4.74 Å². The molecule has 1 saturated heterocycles. The van der Waals surface area contributed by atoms with Crippen molar-refractivity contribution >= 4 is 0 Å². The Morgan fingerprint density at radius 3 is 2.62 bits per heavy atom. The third-order valence-corrected chi connectivity index (χ3v) is 2.85. The van der Waals surface area contributed by atoms with E-state index in [-0.39, 0.29) is 0 Å². The molecule has 0 aliphatic carbocycles. The van der Waals surface area contributed by atoms with Gasteiger partial charge in [-0.1, -0.05) is 27.7 Å². The Labute approximate surface area is 82.0 Å². The minimum atomic E-state index is 0.353. The van der Waals surface area contributed by atoms with Crippen LogP contribution in [0.5, 0.6) is 0 Å². The highest BCUT2D eigenvalue weighted by Crippen LogP contribution is 2.23. The number of ether oxygens (including phenoxy) is 1. The topological polar surface area (TPSA) is 21.3 Å².